The molecule has 162 valence electrons. The van der Waals surface area contributed by atoms with Crippen molar-refractivity contribution in [1.82, 2.24) is 9.55 Å². The second-order valence-corrected chi connectivity index (χ2v) is 9.60. The quantitative estimate of drug-likeness (QED) is 0.304. The summed E-state index contributed by atoms with van der Waals surface area (Å²) in [6, 6.07) is 14.6. The van der Waals surface area contributed by atoms with Gasteiger partial charge in [-0.15, -0.1) is 11.3 Å². The molecular weight excluding hydrogens is 466 g/mol. The summed E-state index contributed by atoms with van der Waals surface area (Å²) in [5.41, 5.74) is 2.96. The number of nitrogens with zero attached hydrogens (tertiary/aromatic N) is 3. The van der Waals surface area contributed by atoms with E-state index >= 15 is 0 Å². The number of carbonyl (C=O) groups excluding carboxylic acids is 1. The highest BCUT2D eigenvalue weighted by molar-refractivity contribution is 7.99. The topological polar surface area (TPSA) is 64.4 Å². The molecule has 3 heterocycles. The highest BCUT2D eigenvalue weighted by Crippen LogP contribution is 2.33. The molecule has 2 aromatic heterocycles. The lowest BCUT2D eigenvalue weighted by Crippen LogP contribution is -2.39. The van der Waals surface area contributed by atoms with Gasteiger partial charge in [-0.1, -0.05) is 29.4 Å². The van der Waals surface area contributed by atoms with Crippen LogP contribution in [0.25, 0.3) is 15.9 Å². The Labute approximate surface area is 197 Å². The number of thiophene rings is 1. The van der Waals surface area contributed by atoms with E-state index in [2.05, 4.69) is 4.98 Å². The van der Waals surface area contributed by atoms with E-state index in [1.165, 1.54) is 23.1 Å². The minimum atomic E-state index is -0.158. The molecule has 0 saturated heterocycles. The van der Waals surface area contributed by atoms with Gasteiger partial charge in [0.1, 0.15) is 17.1 Å². The number of rotatable bonds is 4. The van der Waals surface area contributed by atoms with E-state index in [0.717, 1.165) is 11.3 Å². The van der Waals surface area contributed by atoms with Gasteiger partial charge in [0.05, 0.1) is 29.2 Å². The number of ether oxygens (including phenoxy) is 1. The molecule has 2 aromatic carbocycles. The predicted molar refractivity (Wildman–Crippen MR) is 130 cm³/mol. The fourth-order valence-corrected chi connectivity index (χ4v) is 5.37. The van der Waals surface area contributed by atoms with Crippen LogP contribution in [0.4, 0.5) is 5.69 Å². The van der Waals surface area contributed by atoms with Crippen LogP contribution in [0.5, 0.6) is 5.75 Å². The van der Waals surface area contributed by atoms with Crippen LogP contribution in [-0.4, -0.2) is 34.4 Å². The van der Waals surface area contributed by atoms with Crippen molar-refractivity contribution < 1.29 is 9.53 Å². The number of hydrogen-bond acceptors (Lipinski definition) is 6. The number of aromatic nitrogens is 2. The van der Waals surface area contributed by atoms with Crippen LogP contribution in [0, 0.1) is 6.92 Å². The van der Waals surface area contributed by atoms with Crippen molar-refractivity contribution in [3.8, 4) is 11.4 Å². The minimum Gasteiger partial charge on any atom is -0.490 e. The molecule has 0 bridgehead atoms. The Morgan fingerprint density at radius 1 is 1.22 bits per heavy atom. The van der Waals surface area contributed by atoms with Gasteiger partial charge in [-0.25, -0.2) is 4.98 Å². The summed E-state index contributed by atoms with van der Waals surface area (Å²) in [6.07, 6.45) is 0. The Morgan fingerprint density at radius 2 is 2.03 bits per heavy atom. The van der Waals surface area contributed by atoms with Crippen LogP contribution in [0.2, 0.25) is 5.02 Å². The van der Waals surface area contributed by atoms with E-state index in [1.54, 1.807) is 33.7 Å². The second-order valence-electron chi connectivity index (χ2n) is 7.30. The van der Waals surface area contributed by atoms with Crippen molar-refractivity contribution in [3.63, 3.8) is 0 Å². The summed E-state index contributed by atoms with van der Waals surface area (Å²) in [7, 11) is 0. The largest absolute Gasteiger partial charge is 0.490 e. The molecule has 0 radical (unpaired) electrons. The van der Waals surface area contributed by atoms with Crippen molar-refractivity contribution >= 4 is 56.5 Å². The first-order valence-electron chi connectivity index (χ1n) is 9.94. The summed E-state index contributed by atoms with van der Waals surface area (Å²) in [5, 5.41) is 2.89. The van der Waals surface area contributed by atoms with E-state index in [1.807, 2.05) is 36.6 Å². The number of fused-ring (bicyclic) bond motifs is 2. The zero-order valence-corrected chi connectivity index (χ0v) is 19.5. The maximum absolute atomic E-state index is 13.2. The molecule has 0 aliphatic carbocycles. The Balaban J connectivity index is 1.48. The van der Waals surface area contributed by atoms with Crippen LogP contribution >= 0.6 is 34.7 Å². The molecule has 0 spiro atoms. The minimum absolute atomic E-state index is 0.0625. The molecule has 32 heavy (non-hydrogen) atoms. The Bertz CT molecular complexity index is 1380. The van der Waals surface area contributed by atoms with Crippen molar-refractivity contribution in [1.29, 1.82) is 0 Å². The van der Waals surface area contributed by atoms with E-state index in [-0.39, 0.29) is 17.2 Å². The molecule has 9 heteroatoms. The van der Waals surface area contributed by atoms with Crippen LogP contribution in [0.15, 0.2) is 63.9 Å². The average Bonchev–Trinajstić information content (AvgIpc) is 3.27. The van der Waals surface area contributed by atoms with Crippen LogP contribution in [0.1, 0.15) is 5.56 Å². The van der Waals surface area contributed by atoms with Gasteiger partial charge in [0.25, 0.3) is 5.56 Å². The molecule has 1 aliphatic rings. The summed E-state index contributed by atoms with van der Waals surface area (Å²) < 4.78 is 7.82. The summed E-state index contributed by atoms with van der Waals surface area (Å²) in [4.78, 5) is 32.8. The highest BCUT2D eigenvalue weighted by Gasteiger charge is 2.25. The third-order valence-electron chi connectivity index (χ3n) is 5.14. The number of amides is 1. The van der Waals surface area contributed by atoms with E-state index in [0.29, 0.717) is 45.0 Å². The SMILES string of the molecule is Cc1ccc2c(c1)N(C(=O)CSc1nc3ccsc3c(=O)n1-c1ccc(Cl)cc1)CCO2. The van der Waals surface area contributed by atoms with Gasteiger partial charge in [0, 0.05) is 5.02 Å². The number of hydrogen-bond donors (Lipinski definition) is 0. The van der Waals surface area contributed by atoms with Gasteiger partial charge >= 0.3 is 0 Å². The van der Waals surface area contributed by atoms with Gasteiger partial charge in [-0.3, -0.25) is 14.2 Å². The van der Waals surface area contributed by atoms with Gasteiger partial charge < -0.3 is 9.64 Å². The summed E-state index contributed by atoms with van der Waals surface area (Å²) >= 11 is 8.64. The Morgan fingerprint density at radius 3 is 2.84 bits per heavy atom. The Hall–Kier alpha value is -2.81. The molecular formula is C23H18ClN3O3S2. The first kappa shape index (κ1) is 21.1. The number of anilines is 1. The number of carbonyl (C=O) groups is 1. The molecule has 0 fully saturated rings. The second kappa shape index (κ2) is 8.61. The smallest absolute Gasteiger partial charge is 0.276 e. The zero-order valence-electron chi connectivity index (χ0n) is 17.1. The molecule has 1 aliphatic heterocycles. The molecule has 1 amide bonds. The zero-order chi connectivity index (χ0) is 22.2. The van der Waals surface area contributed by atoms with E-state index in [4.69, 9.17) is 16.3 Å². The van der Waals surface area contributed by atoms with Crippen molar-refractivity contribution in [2.75, 3.05) is 23.8 Å². The lowest BCUT2D eigenvalue weighted by molar-refractivity contribution is -0.116. The average molecular weight is 484 g/mol. The molecule has 0 unspecified atom stereocenters. The molecule has 4 aromatic rings. The van der Waals surface area contributed by atoms with Crippen molar-refractivity contribution in [2.24, 2.45) is 0 Å². The molecule has 6 nitrogen and oxygen atoms in total. The number of halogens is 1. The van der Waals surface area contributed by atoms with Gasteiger partial charge in [0.15, 0.2) is 5.16 Å². The molecule has 5 rings (SSSR count). The monoisotopic (exact) mass is 483 g/mol. The van der Waals surface area contributed by atoms with Gasteiger partial charge in [0.2, 0.25) is 5.91 Å². The number of thioether (sulfide) groups is 1. The van der Waals surface area contributed by atoms with Crippen molar-refractivity contribution in [2.45, 2.75) is 12.1 Å². The lowest BCUT2D eigenvalue weighted by atomic mass is 10.1. The lowest BCUT2D eigenvalue weighted by Gasteiger charge is -2.29. The normalized spacial score (nSPS) is 13.1. The number of benzene rings is 2. The van der Waals surface area contributed by atoms with Crippen LogP contribution < -0.4 is 15.2 Å². The van der Waals surface area contributed by atoms with Crippen LogP contribution in [0.3, 0.4) is 0 Å². The standard InChI is InChI=1S/C23H18ClN3O3S2/c1-14-2-7-19-18(12-14)26(9-10-30-19)20(28)13-32-23-25-17-8-11-31-21(17)22(29)27(23)16-5-3-15(24)4-6-16/h2-8,11-12H,9-10,13H2,1H3. The Kier molecular flexibility index (Phi) is 5.67. The fraction of sp³-hybridized carbons (Fsp3) is 0.174. The molecule has 0 saturated carbocycles. The van der Waals surface area contributed by atoms with E-state index < -0.39 is 0 Å². The third-order valence-corrected chi connectivity index (χ3v) is 7.20. The first-order valence-corrected chi connectivity index (χ1v) is 12.2. The maximum atomic E-state index is 13.2. The van der Waals surface area contributed by atoms with Gasteiger partial charge in [-0.2, -0.15) is 0 Å². The summed E-state index contributed by atoms with van der Waals surface area (Å²) in [6.45, 7) is 2.91. The van der Waals surface area contributed by atoms with Crippen molar-refractivity contribution in [3.05, 3.63) is 74.9 Å². The van der Waals surface area contributed by atoms with Crippen LogP contribution in [-0.2, 0) is 4.79 Å². The summed E-state index contributed by atoms with van der Waals surface area (Å²) in [5.74, 6) is 0.784. The molecule has 0 atom stereocenters. The number of aryl methyl sites for hydroxylation is 1. The van der Waals surface area contributed by atoms with Gasteiger partial charge in [-0.05, 0) is 60.3 Å². The molecule has 0 N–H and O–H groups in total. The van der Waals surface area contributed by atoms with E-state index in [9.17, 15) is 9.59 Å². The highest BCUT2D eigenvalue weighted by atomic mass is 35.5. The predicted octanol–water partition coefficient (Wildman–Crippen LogP) is 4.93. The third kappa shape index (κ3) is 3.90. The fourth-order valence-electron chi connectivity index (χ4n) is 3.60. The first-order chi connectivity index (χ1) is 15.5. The maximum Gasteiger partial charge on any atom is 0.276 e.